The topological polar surface area (TPSA) is 81.8 Å². The van der Waals surface area contributed by atoms with Gasteiger partial charge in [-0.2, -0.15) is 5.10 Å². The molecule has 0 aliphatic carbocycles. The van der Waals surface area contributed by atoms with Crippen molar-refractivity contribution in [2.24, 2.45) is 0 Å². The van der Waals surface area contributed by atoms with Gasteiger partial charge in [0.2, 0.25) is 5.91 Å². The van der Waals surface area contributed by atoms with Crippen molar-refractivity contribution in [1.82, 2.24) is 19.3 Å². The number of carbonyl (C=O) groups is 1. The predicted molar refractivity (Wildman–Crippen MR) is 127 cm³/mol. The number of amides is 1. The van der Waals surface area contributed by atoms with Gasteiger partial charge in [0.05, 0.1) is 17.9 Å². The summed E-state index contributed by atoms with van der Waals surface area (Å²) >= 11 is 7.63. The van der Waals surface area contributed by atoms with Crippen LogP contribution in [-0.2, 0) is 4.79 Å². The standard InChI is InChI=1S/C23H20ClN5O2S/c1-13-6-8-15(9-7-13)29-21-17(11-25-29)22(31)28-16(12-32-23(28)27-21)10-20(30)26-19-5-3-4-18(24)14(19)2/h3-9,11,16H,10,12H2,1-2H3,(H,26,30). The van der Waals surface area contributed by atoms with Gasteiger partial charge in [0.15, 0.2) is 10.8 Å². The van der Waals surface area contributed by atoms with Crippen LogP contribution in [0, 0.1) is 13.8 Å². The molecule has 1 N–H and O–H groups in total. The molecule has 2 aromatic carbocycles. The molecule has 1 amide bonds. The Morgan fingerprint density at radius 1 is 1.22 bits per heavy atom. The second-order valence-electron chi connectivity index (χ2n) is 7.83. The first-order valence-electron chi connectivity index (χ1n) is 10.2. The average molecular weight is 466 g/mol. The minimum atomic E-state index is -0.276. The molecule has 0 bridgehead atoms. The van der Waals surface area contributed by atoms with E-state index in [1.54, 1.807) is 27.6 Å². The van der Waals surface area contributed by atoms with Crippen LogP contribution >= 0.6 is 23.4 Å². The number of nitrogens with one attached hydrogen (secondary N) is 1. The number of anilines is 1. The molecule has 162 valence electrons. The van der Waals surface area contributed by atoms with Crippen molar-refractivity contribution in [3.05, 3.63) is 75.2 Å². The number of hydrogen-bond donors (Lipinski definition) is 1. The molecule has 32 heavy (non-hydrogen) atoms. The van der Waals surface area contributed by atoms with Crippen molar-refractivity contribution in [2.45, 2.75) is 31.5 Å². The fourth-order valence-corrected chi connectivity index (χ4v) is 5.12. The van der Waals surface area contributed by atoms with Gasteiger partial charge in [-0.25, -0.2) is 9.67 Å². The molecule has 3 heterocycles. The third-order valence-corrected chi connectivity index (χ3v) is 7.12. The largest absolute Gasteiger partial charge is 0.326 e. The number of fused-ring (bicyclic) bond motifs is 2. The van der Waals surface area contributed by atoms with Crippen molar-refractivity contribution in [3.63, 3.8) is 0 Å². The molecular formula is C23H20ClN5O2S. The summed E-state index contributed by atoms with van der Waals surface area (Å²) in [5.74, 6) is 0.436. The van der Waals surface area contributed by atoms with E-state index in [1.807, 2.05) is 44.2 Å². The molecule has 0 saturated heterocycles. The highest BCUT2D eigenvalue weighted by atomic mass is 35.5. The number of aryl methyl sites for hydroxylation is 1. The summed E-state index contributed by atoms with van der Waals surface area (Å²) in [6.45, 7) is 3.87. The summed E-state index contributed by atoms with van der Waals surface area (Å²) in [6, 6.07) is 13.0. The predicted octanol–water partition coefficient (Wildman–Crippen LogP) is 4.53. The smallest absolute Gasteiger partial charge is 0.265 e. The van der Waals surface area contributed by atoms with Crippen LogP contribution in [0.4, 0.5) is 5.69 Å². The molecule has 9 heteroatoms. The summed E-state index contributed by atoms with van der Waals surface area (Å²) in [6.07, 6.45) is 1.72. The number of thioether (sulfide) groups is 1. The van der Waals surface area contributed by atoms with Gasteiger partial charge in [0.1, 0.15) is 5.39 Å². The first kappa shape index (κ1) is 20.8. The Labute approximate surface area is 193 Å². The highest BCUT2D eigenvalue weighted by molar-refractivity contribution is 7.99. The van der Waals surface area contributed by atoms with Crippen LogP contribution in [0.3, 0.4) is 0 Å². The van der Waals surface area contributed by atoms with Crippen LogP contribution in [0.2, 0.25) is 5.02 Å². The summed E-state index contributed by atoms with van der Waals surface area (Å²) < 4.78 is 3.30. The van der Waals surface area contributed by atoms with E-state index >= 15 is 0 Å². The highest BCUT2D eigenvalue weighted by Gasteiger charge is 2.29. The SMILES string of the molecule is Cc1ccc(-n2ncc3c(=O)n4c(nc32)SCC4CC(=O)Nc2cccc(Cl)c2C)cc1. The molecule has 5 rings (SSSR count). The molecule has 0 saturated carbocycles. The zero-order chi connectivity index (χ0) is 22.4. The average Bonchev–Trinajstić information content (AvgIpc) is 3.37. The van der Waals surface area contributed by atoms with Crippen LogP contribution in [-0.4, -0.2) is 31.0 Å². The number of nitrogens with zero attached hydrogens (tertiary/aromatic N) is 4. The van der Waals surface area contributed by atoms with E-state index in [-0.39, 0.29) is 23.9 Å². The highest BCUT2D eigenvalue weighted by Crippen LogP contribution is 2.34. The molecule has 1 aliphatic rings. The number of carbonyl (C=O) groups excluding carboxylic acids is 1. The molecule has 1 atom stereocenters. The van der Waals surface area contributed by atoms with E-state index in [2.05, 4.69) is 10.4 Å². The van der Waals surface area contributed by atoms with Gasteiger partial charge in [-0.05, 0) is 43.7 Å². The Bertz CT molecular complexity index is 1410. The molecule has 7 nitrogen and oxygen atoms in total. The van der Waals surface area contributed by atoms with Gasteiger partial charge < -0.3 is 5.32 Å². The van der Waals surface area contributed by atoms with Crippen LogP contribution in [0.1, 0.15) is 23.6 Å². The van der Waals surface area contributed by atoms with E-state index in [9.17, 15) is 9.59 Å². The van der Waals surface area contributed by atoms with Gasteiger partial charge in [-0.1, -0.05) is 47.1 Å². The molecule has 4 aromatic rings. The van der Waals surface area contributed by atoms with Crippen molar-refractivity contribution >= 4 is 46.0 Å². The van der Waals surface area contributed by atoms with Crippen LogP contribution < -0.4 is 10.9 Å². The molecule has 0 fully saturated rings. The summed E-state index contributed by atoms with van der Waals surface area (Å²) in [7, 11) is 0. The number of hydrogen-bond acceptors (Lipinski definition) is 5. The van der Waals surface area contributed by atoms with E-state index in [0.717, 1.165) is 16.8 Å². The normalized spacial score (nSPS) is 15.2. The number of halogens is 1. The monoisotopic (exact) mass is 465 g/mol. The van der Waals surface area contributed by atoms with E-state index in [0.29, 0.717) is 32.7 Å². The van der Waals surface area contributed by atoms with Crippen molar-refractivity contribution in [1.29, 1.82) is 0 Å². The first-order chi connectivity index (χ1) is 15.4. The van der Waals surface area contributed by atoms with Crippen LogP contribution in [0.15, 0.2) is 58.6 Å². The number of benzene rings is 2. The third-order valence-electron chi connectivity index (χ3n) is 5.61. The number of aromatic nitrogens is 4. The molecule has 2 aromatic heterocycles. The summed E-state index contributed by atoms with van der Waals surface area (Å²) in [4.78, 5) is 30.7. The van der Waals surface area contributed by atoms with Gasteiger partial charge >= 0.3 is 0 Å². The Kier molecular flexibility index (Phi) is 5.27. The van der Waals surface area contributed by atoms with Gasteiger partial charge in [0, 0.05) is 22.9 Å². The second kappa shape index (κ2) is 8.11. The first-order valence-corrected chi connectivity index (χ1v) is 11.5. The fraction of sp³-hybridized carbons (Fsp3) is 0.217. The Balaban J connectivity index is 1.44. The maximum absolute atomic E-state index is 13.3. The van der Waals surface area contributed by atoms with E-state index < -0.39 is 0 Å². The minimum absolute atomic E-state index is 0.170. The third kappa shape index (κ3) is 3.59. The lowest BCUT2D eigenvalue weighted by Gasteiger charge is -2.14. The lowest BCUT2D eigenvalue weighted by Crippen LogP contribution is -2.27. The molecule has 0 spiro atoms. The molecular weight excluding hydrogens is 446 g/mol. The quantitative estimate of drug-likeness (QED) is 0.448. The van der Waals surface area contributed by atoms with E-state index in [4.69, 9.17) is 16.6 Å². The minimum Gasteiger partial charge on any atom is -0.326 e. The van der Waals surface area contributed by atoms with Crippen molar-refractivity contribution < 1.29 is 4.79 Å². The molecule has 1 aliphatic heterocycles. The van der Waals surface area contributed by atoms with Crippen molar-refractivity contribution in [3.8, 4) is 5.69 Å². The lowest BCUT2D eigenvalue weighted by atomic mass is 10.1. The van der Waals surface area contributed by atoms with Gasteiger partial charge in [-0.3, -0.25) is 14.2 Å². The van der Waals surface area contributed by atoms with Crippen LogP contribution in [0.5, 0.6) is 0 Å². The van der Waals surface area contributed by atoms with Gasteiger partial charge in [-0.15, -0.1) is 0 Å². The van der Waals surface area contributed by atoms with Gasteiger partial charge in [0.25, 0.3) is 5.56 Å². The second-order valence-corrected chi connectivity index (χ2v) is 9.22. The zero-order valence-corrected chi connectivity index (χ0v) is 19.1. The maximum Gasteiger partial charge on any atom is 0.265 e. The maximum atomic E-state index is 13.3. The Morgan fingerprint density at radius 2 is 2.00 bits per heavy atom. The van der Waals surface area contributed by atoms with Crippen molar-refractivity contribution in [2.75, 3.05) is 11.1 Å². The van der Waals surface area contributed by atoms with Crippen LogP contribution in [0.25, 0.3) is 16.7 Å². The Morgan fingerprint density at radius 3 is 2.78 bits per heavy atom. The van der Waals surface area contributed by atoms with E-state index in [1.165, 1.54) is 11.8 Å². The summed E-state index contributed by atoms with van der Waals surface area (Å²) in [5.41, 5.74) is 3.82. The molecule has 0 radical (unpaired) electrons. The summed E-state index contributed by atoms with van der Waals surface area (Å²) in [5, 5.41) is 8.94. The molecule has 1 unspecified atom stereocenters. The zero-order valence-electron chi connectivity index (χ0n) is 17.5. The lowest BCUT2D eigenvalue weighted by molar-refractivity contribution is -0.116. The number of rotatable bonds is 4. The fourth-order valence-electron chi connectivity index (χ4n) is 3.81. The Hall–Kier alpha value is -3.10.